The van der Waals surface area contributed by atoms with Crippen molar-refractivity contribution in [1.82, 2.24) is 14.8 Å². The van der Waals surface area contributed by atoms with Crippen LogP contribution in [0.2, 0.25) is 0 Å². The quantitative estimate of drug-likeness (QED) is 0.632. The van der Waals surface area contributed by atoms with E-state index in [0.717, 1.165) is 24.6 Å². The number of likely N-dealkylation sites (tertiary alicyclic amines) is 1. The molecule has 1 aromatic heterocycles. The first-order valence-corrected chi connectivity index (χ1v) is 8.95. The topological polar surface area (TPSA) is 24.6 Å². The highest BCUT2D eigenvalue weighted by atomic mass is 32.1. The molecule has 0 amide bonds. The monoisotopic (exact) mass is 323 g/mol. The van der Waals surface area contributed by atoms with Gasteiger partial charge in [0.2, 0.25) is 0 Å². The summed E-state index contributed by atoms with van der Waals surface area (Å²) in [6.07, 6.45) is 8.33. The van der Waals surface area contributed by atoms with Crippen molar-refractivity contribution in [2.24, 2.45) is 7.05 Å². The summed E-state index contributed by atoms with van der Waals surface area (Å²) in [5.41, 5.74) is 1.38. The molecule has 1 aliphatic heterocycles. The summed E-state index contributed by atoms with van der Waals surface area (Å²) in [6, 6.07) is 4.79. The molecule has 124 valence electrons. The molecule has 1 aromatic rings. The molecule has 1 aliphatic rings. The van der Waals surface area contributed by atoms with Gasteiger partial charge in [-0.1, -0.05) is 12.8 Å². The third-order valence-corrected chi connectivity index (χ3v) is 4.85. The van der Waals surface area contributed by atoms with E-state index in [1.54, 1.807) is 0 Å². The summed E-state index contributed by atoms with van der Waals surface area (Å²) in [5.74, 6) is 0. The number of hydrogen-bond donors (Lipinski definition) is 2. The fourth-order valence-electron chi connectivity index (χ4n) is 3.22. The second kappa shape index (κ2) is 8.53. The third kappa shape index (κ3) is 4.71. The second-order valence-corrected chi connectivity index (χ2v) is 7.03. The lowest BCUT2D eigenvalue weighted by atomic mass is 10.1. The minimum Gasteiger partial charge on any atom is -0.362 e. The summed E-state index contributed by atoms with van der Waals surface area (Å²) in [4.78, 5) is 3.91. The lowest BCUT2D eigenvalue weighted by Gasteiger charge is -2.33. The molecule has 0 bridgehead atoms. The van der Waals surface area contributed by atoms with Gasteiger partial charge in [-0.3, -0.25) is 0 Å². The Kier molecular flexibility index (Phi) is 6.70. The van der Waals surface area contributed by atoms with E-state index in [0.29, 0.717) is 6.04 Å². The van der Waals surface area contributed by atoms with Gasteiger partial charge in [-0.2, -0.15) is 0 Å². The predicted molar refractivity (Wildman–Crippen MR) is 96.2 cm³/mol. The van der Waals surface area contributed by atoms with Crippen LogP contribution < -0.4 is 10.2 Å². The summed E-state index contributed by atoms with van der Waals surface area (Å²) in [5, 5.41) is 4.41. The van der Waals surface area contributed by atoms with Crippen LogP contribution in [0.3, 0.4) is 0 Å². The molecule has 0 spiro atoms. The second-order valence-electron chi connectivity index (χ2n) is 6.65. The van der Waals surface area contributed by atoms with Crippen molar-refractivity contribution in [1.29, 1.82) is 0 Å². The van der Waals surface area contributed by atoms with E-state index in [1.165, 1.54) is 42.8 Å². The molecule has 5 heteroatoms. The van der Waals surface area contributed by atoms with Crippen molar-refractivity contribution >= 4 is 17.3 Å². The molecule has 2 N–H and O–H groups in total. The number of quaternary nitrogens is 1. The zero-order valence-electron chi connectivity index (χ0n) is 14.3. The van der Waals surface area contributed by atoms with Crippen LogP contribution in [0.5, 0.6) is 0 Å². The Bertz CT molecular complexity index is 469. The van der Waals surface area contributed by atoms with Crippen molar-refractivity contribution in [2.45, 2.75) is 38.1 Å². The average Bonchev–Trinajstić information content (AvgIpc) is 2.75. The van der Waals surface area contributed by atoms with Crippen LogP contribution in [0.4, 0.5) is 0 Å². The first kappa shape index (κ1) is 17.3. The molecule has 0 aliphatic carbocycles. The van der Waals surface area contributed by atoms with Gasteiger partial charge in [0.25, 0.3) is 0 Å². The SMILES string of the molecule is Cn1cccc1[C@H]1CCCCCN1C(=S)NCCC[NH+](C)C. The van der Waals surface area contributed by atoms with Crippen LogP contribution >= 0.6 is 12.2 Å². The molecule has 4 nitrogen and oxygen atoms in total. The first-order valence-electron chi connectivity index (χ1n) is 8.54. The average molecular weight is 324 g/mol. The van der Waals surface area contributed by atoms with Crippen molar-refractivity contribution in [2.75, 3.05) is 33.7 Å². The lowest BCUT2D eigenvalue weighted by Crippen LogP contribution is -3.05. The molecule has 22 heavy (non-hydrogen) atoms. The number of thiocarbonyl (C=S) groups is 1. The summed E-state index contributed by atoms with van der Waals surface area (Å²) in [7, 11) is 6.52. The molecule has 2 rings (SSSR count). The number of aryl methyl sites for hydroxylation is 1. The van der Waals surface area contributed by atoms with Crippen LogP contribution in [0.1, 0.15) is 43.8 Å². The Morgan fingerprint density at radius 2 is 2.18 bits per heavy atom. The Morgan fingerprint density at radius 1 is 1.36 bits per heavy atom. The third-order valence-electron chi connectivity index (χ3n) is 4.47. The maximum Gasteiger partial charge on any atom is 0.169 e. The van der Waals surface area contributed by atoms with Crippen molar-refractivity contribution < 1.29 is 4.90 Å². The van der Waals surface area contributed by atoms with E-state index >= 15 is 0 Å². The Labute approximate surface area is 140 Å². The molecule has 0 unspecified atom stereocenters. The molecule has 0 radical (unpaired) electrons. The molecule has 0 saturated carbocycles. The van der Waals surface area contributed by atoms with E-state index in [9.17, 15) is 0 Å². The zero-order chi connectivity index (χ0) is 15.9. The predicted octanol–water partition coefficient (Wildman–Crippen LogP) is 1.35. The number of rotatable bonds is 5. The molecule has 1 atom stereocenters. The van der Waals surface area contributed by atoms with Crippen molar-refractivity contribution in [3.05, 3.63) is 24.0 Å². The number of nitrogens with zero attached hydrogens (tertiary/aromatic N) is 2. The Balaban J connectivity index is 1.98. The minimum absolute atomic E-state index is 0.418. The van der Waals surface area contributed by atoms with Gasteiger partial charge in [-0.05, 0) is 37.2 Å². The van der Waals surface area contributed by atoms with Gasteiger partial charge in [0.1, 0.15) is 0 Å². The highest BCUT2D eigenvalue weighted by Gasteiger charge is 2.26. The van der Waals surface area contributed by atoms with Gasteiger partial charge in [0.05, 0.1) is 26.7 Å². The van der Waals surface area contributed by atoms with Gasteiger partial charge in [0.15, 0.2) is 5.11 Å². The van der Waals surface area contributed by atoms with E-state index < -0.39 is 0 Å². The number of nitrogens with one attached hydrogen (secondary N) is 2. The van der Waals surface area contributed by atoms with Gasteiger partial charge in [0, 0.05) is 38.4 Å². The van der Waals surface area contributed by atoms with Crippen molar-refractivity contribution in [3.63, 3.8) is 0 Å². The first-order chi connectivity index (χ1) is 10.6. The smallest absolute Gasteiger partial charge is 0.169 e. The van der Waals surface area contributed by atoms with Gasteiger partial charge >= 0.3 is 0 Å². The van der Waals surface area contributed by atoms with Gasteiger partial charge in [-0.25, -0.2) is 0 Å². The molecule has 2 heterocycles. The van der Waals surface area contributed by atoms with Gasteiger partial charge < -0.3 is 19.7 Å². The van der Waals surface area contributed by atoms with Crippen LogP contribution in [0.15, 0.2) is 18.3 Å². The van der Waals surface area contributed by atoms with Crippen LogP contribution in [0.25, 0.3) is 0 Å². The highest BCUT2D eigenvalue weighted by Crippen LogP contribution is 2.30. The Hall–Kier alpha value is -1.07. The number of hydrogen-bond acceptors (Lipinski definition) is 1. The summed E-state index contributed by atoms with van der Waals surface area (Å²) in [6.45, 7) is 3.22. The standard InChI is InChI=1S/C17H30N4S/c1-19(2)12-8-11-18-17(22)21-14-6-4-5-9-16(21)15-10-7-13-20(15)3/h7,10,13,16H,4-6,8-9,11-12,14H2,1-3H3,(H,18,22)/p+1/t16-/m1/s1. The molecular weight excluding hydrogens is 292 g/mol. The Morgan fingerprint density at radius 3 is 2.86 bits per heavy atom. The summed E-state index contributed by atoms with van der Waals surface area (Å²) < 4.78 is 2.24. The maximum absolute atomic E-state index is 5.71. The van der Waals surface area contributed by atoms with Crippen LogP contribution in [0, 0.1) is 0 Å². The fraction of sp³-hybridized carbons (Fsp3) is 0.706. The van der Waals surface area contributed by atoms with Crippen LogP contribution in [-0.2, 0) is 7.05 Å². The largest absolute Gasteiger partial charge is 0.362 e. The zero-order valence-corrected chi connectivity index (χ0v) is 15.1. The normalized spacial score (nSPS) is 19.3. The minimum atomic E-state index is 0.418. The molecular formula is C17H31N4S+. The highest BCUT2D eigenvalue weighted by molar-refractivity contribution is 7.80. The molecule has 1 saturated heterocycles. The summed E-state index contributed by atoms with van der Waals surface area (Å²) >= 11 is 5.71. The molecule has 0 aromatic carbocycles. The number of aromatic nitrogens is 1. The van der Waals surface area contributed by atoms with E-state index in [-0.39, 0.29) is 0 Å². The molecule has 1 fully saturated rings. The van der Waals surface area contributed by atoms with Crippen LogP contribution in [-0.4, -0.2) is 48.3 Å². The van der Waals surface area contributed by atoms with Crippen molar-refractivity contribution in [3.8, 4) is 0 Å². The van der Waals surface area contributed by atoms with E-state index in [2.05, 4.69) is 54.3 Å². The van der Waals surface area contributed by atoms with E-state index in [1.807, 2.05) is 0 Å². The van der Waals surface area contributed by atoms with E-state index in [4.69, 9.17) is 12.2 Å². The maximum atomic E-state index is 5.71. The fourth-order valence-corrected chi connectivity index (χ4v) is 3.54. The van der Waals surface area contributed by atoms with Gasteiger partial charge in [-0.15, -0.1) is 0 Å². The lowest BCUT2D eigenvalue weighted by molar-refractivity contribution is -0.858.